The Balaban J connectivity index is 1.68. The summed E-state index contributed by atoms with van der Waals surface area (Å²) in [7, 11) is 0. The monoisotopic (exact) mass is 283 g/mol. The fourth-order valence-corrected chi connectivity index (χ4v) is 2.66. The van der Waals surface area contributed by atoms with Crippen LogP contribution in [0.15, 0.2) is 36.7 Å². The molecule has 1 aliphatic carbocycles. The first kappa shape index (κ1) is 14.0. The van der Waals surface area contributed by atoms with E-state index in [1.165, 1.54) is 25.7 Å². The molecule has 2 aromatic rings. The number of aromatic nitrogens is 2. The van der Waals surface area contributed by atoms with Crippen molar-refractivity contribution in [3.05, 3.63) is 47.9 Å². The first-order chi connectivity index (χ1) is 10.3. The van der Waals surface area contributed by atoms with Crippen LogP contribution in [0.1, 0.15) is 36.9 Å². The number of hydrogen-bond donors (Lipinski definition) is 1. The fraction of sp³-hybridized carbons (Fsp3) is 0.412. The zero-order valence-electron chi connectivity index (χ0n) is 12.4. The van der Waals surface area contributed by atoms with Crippen molar-refractivity contribution < 1.29 is 4.74 Å². The quantitative estimate of drug-likeness (QED) is 0.910. The molecule has 4 heteroatoms. The van der Waals surface area contributed by atoms with Gasteiger partial charge in [-0.2, -0.15) is 0 Å². The molecule has 0 aliphatic heterocycles. The van der Waals surface area contributed by atoms with Crippen LogP contribution in [0.5, 0.6) is 11.6 Å². The summed E-state index contributed by atoms with van der Waals surface area (Å²) in [5.74, 6) is 1.38. The summed E-state index contributed by atoms with van der Waals surface area (Å²) < 4.78 is 5.87. The van der Waals surface area contributed by atoms with Crippen molar-refractivity contribution >= 4 is 0 Å². The van der Waals surface area contributed by atoms with Crippen molar-refractivity contribution in [2.24, 2.45) is 0 Å². The van der Waals surface area contributed by atoms with E-state index in [0.29, 0.717) is 11.9 Å². The van der Waals surface area contributed by atoms with Crippen molar-refractivity contribution in [3.63, 3.8) is 0 Å². The third-order valence-electron chi connectivity index (χ3n) is 3.89. The van der Waals surface area contributed by atoms with Gasteiger partial charge >= 0.3 is 0 Å². The van der Waals surface area contributed by atoms with Crippen molar-refractivity contribution in [3.8, 4) is 11.6 Å². The van der Waals surface area contributed by atoms with Gasteiger partial charge in [-0.25, -0.2) is 4.98 Å². The molecule has 1 N–H and O–H groups in total. The molecule has 1 fully saturated rings. The highest BCUT2D eigenvalue weighted by atomic mass is 16.5. The molecule has 0 atom stereocenters. The van der Waals surface area contributed by atoms with Crippen LogP contribution in [0.25, 0.3) is 0 Å². The Bertz CT molecular complexity index is 577. The fourth-order valence-electron chi connectivity index (χ4n) is 2.66. The molecular formula is C17H21N3O. The first-order valence-electron chi connectivity index (χ1n) is 7.59. The van der Waals surface area contributed by atoms with Crippen molar-refractivity contribution in [1.82, 2.24) is 15.3 Å². The number of hydrogen-bond acceptors (Lipinski definition) is 4. The smallest absolute Gasteiger partial charge is 0.223 e. The molecule has 0 spiro atoms. The van der Waals surface area contributed by atoms with Gasteiger partial charge in [-0.3, -0.25) is 4.98 Å². The Kier molecular flexibility index (Phi) is 4.46. The number of nitrogens with zero attached hydrogens (tertiary/aromatic N) is 2. The number of pyridine rings is 2. The summed E-state index contributed by atoms with van der Waals surface area (Å²) in [6.45, 7) is 2.76. The first-order valence-corrected chi connectivity index (χ1v) is 7.59. The average molecular weight is 283 g/mol. The van der Waals surface area contributed by atoms with Gasteiger partial charge in [0.2, 0.25) is 5.88 Å². The Morgan fingerprint density at radius 2 is 2.05 bits per heavy atom. The van der Waals surface area contributed by atoms with Gasteiger partial charge in [0.15, 0.2) is 0 Å². The zero-order chi connectivity index (χ0) is 14.5. The molecule has 2 aromatic heterocycles. The molecule has 2 heterocycles. The molecule has 0 radical (unpaired) electrons. The standard InChI is InChI=1S/C17H21N3O/c1-13-8-9-16(12-19-13)21-17-14(5-4-10-18-17)11-20-15-6-2-3-7-15/h4-5,8-10,12,15,20H,2-3,6-7,11H2,1H3. The van der Waals surface area contributed by atoms with Gasteiger partial charge in [-0.05, 0) is 38.0 Å². The van der Waals surface area contributed by atoms with E-state index in [9.17, 15) is 0 Å². The second-order valence-electron chi connectivity index (χ2n) is 5.57. The van der Waals surface area contributed by atoms with E-state index in [1.807, 2.05) is 25.1 Å². The Morgan fingerprint density at radius 1 is 1.19 bits per heavy atom. The molecule has 0 saturated heterocycles. The predicted octanol–water partition coefficient (Wildman–Crippen LogP) is 3.61. The van der Waals surface area contributed by atoms with Crippen LogP contribution < -0.4 is 10.1 Å². The minimum Gasteiger partial charge on any atom is -0.437 e. The van der Waals surface area contributed by atoms with Gasteiger partial charge in [0.1, 0.15) is 5.75 Å². The van der Waals surface area contributed by atoms with Crippen molar-refractivity contribution in [2.75, 3.05) is 0 Å². The predicted molar refractivity (Wildman–Crippen MR) is 82.4 cm³/mol. The second kappa shape index (κ2) is 6.68. The summed E-state index contributed by atoms with van der Waals surface area (Å²) in [6, 6.07) is 8.51. The van der Waals surface area contributed by atoms with Crippen LogP contribution in [-0.2, 0) is 6.54 Å². The molecule has 21 heavy (non-hydrogen) atoms. The van der Waals surface area contributed by atoms with Crippen molar-refractivity contribution in [1.29, 1.82) is 0 Å². The lowest BCUT2D eigenvalue weighted by molar-refractivity contribution is 0.444. The molecule has 0 amide bonds. The SMILES string of the molecule is Cc1ccc(Oc2ncccc2CNC2CCCC2)cn1. The van der Waals surface area contributed by atoms with Gasteiger partial charge in [-0.15, -0.1) is 0 Å². The van der Waals surface area contributed by atoms with E-state index < -0.39 is 0 Å². The molecule has 4 nitrogen and oxygen atoms in total. The van der Waals surface area contributed by atoms with Crippen molar-refractivity contribution in [2.45, 2.75) is 45.2 Å². The summed E-state index contributed by atoms with van der Waals surface area (Å²) in [4.78, 5) is 8.60. The van der Waals surface area contributed by atoms with E-state index in [1.54, 1.807) is 12.4 Å². The highest BCUT2D eigenvalue weighted by Crippen LogP contribution is 2.23. The summed E-state index contributed by atoms with van der Waals surface area (Å²) in [5.41, 5.74) is 2.07. The zero-order valence-corrected chi connectivity index (χ0v) is 12.4. The van der Waals surface area contributed by atoms with Gasteiger partial charge in [0.05, 0.1) is 6.20 Å². The maximum Gasteiger partial charge on any atom is 0.223 e. The largest absolute Gasteiger partial charge is 0.437 e. The lowest BCUT2D eigenvalue weighted by atomic mass is 10.2. The normalized spacial score (nSPS) is 15.3. The van der Waals surface area contributed by atoms with Crippen LogP contribution in [-0.4, -0.2) is 16.0 Å². The van der Waals surface area contributed by atoms with E-state index in [0.717, 1.165) is 23.6 Å². The van der Waals surface area contributed by atoms with Gasteiger partial charge in [0.25, 0.3) is 0 Å². The molecule has 0 aromatic carbocycles. The summed E-state index contributed by atoms with van der Waals surface area (Å²) in [5, 5.41) is 3.60. The lowest BCUT2D eigenvalue weighted by Crippen LogP contribution is -2.25. The molecule has 3 rings (SSSR count). The minimum atomic E-state index is 0.638. The third kappa shape index (κ3) is 3.79. The molecule has 0 bridgehead atoms. The Morgan fingerprint density at radius 3 is 2.81 bits per heavy atom. The number of ether oxygens (including phenoxy) is 1. The van der Waals surface area contributed by atoms with Gasteiger partial charge in [-0.1, -0.05) is 18.9 Å². The van der Waals surface area contributed by atoms with Crippen LogP contribution in [0.2, 0.25) is 0 Å². The number of nitrogens with one attached hydrogen (secondary N) is 1. The summed E-state index contributed by atoms with van der Waals surface area (Å²) in [6.07, 6.45) is 8.72. The van der Waals surface area contributed by atoms with E-state index in [2.05, 4.69) is 21.4 Å². The van der Waals surface area contributed by atoms with Crippen LogP contribution >= 0.6 is 0 Å². The highest BCUT2D eigenvalue weighted by Gasteiger charge is 2.15. The molecule has 110 valence electrons. The van der Waals surface area contributed by atoms with E-state index >= 15 is 0 Å². The topological polar surface area (TPSA) is 47.0 Å². The van der Waals surface area contributed by atoms with Crippen LogP contribution in [0.4, 0.5) is 0 Å². The maximum atomic E-state index is 5.87. The van der Waals surface area contributed by atoms with Gasteiger partial charge < -0.3 is 10.1 Å². The number of rotatable bonds is 5. The lowest BCUT2D eigenvalue weighted by Gasteiger charge is -2.14. The third-order valence-corrected chi connectivity index (χ3v) is 3.89. The van der Waals surface area contributed by atoms with Crippen LogP contribution in [0, 0.1) is 6.92 Å². The van der Waals surface area contributed by atoms with E-state index in [-0.39, 0.29) is 0 Å². The van der Waals surface area contributed by atoms with Crippen LogP contribution in [0.3, 0.4) is 0 Å². The maximum absolute atomic E-state index is 5.87. The summed E-state index contributed by atoms with van der Waals surface area (Å²) >= 11 is 0. The molecular weight excluding hydrogens is 262 g/mol. The number of aryl methyl sites for hydroxylation is 1. The molecule has 1 saturated carbocycles. The molecule has 0 unspecified atom stereocenters. The minimum absolute atomic E-state index is 0.638. The average Bonchev–Trinajstić information content (AvgIpc) is 3.02. The van der Waals surface area contributed by atoms with Gasteiger partial charge in [0, 0.05) is 30.0 Å². The molecule has 1 aliphatic rings. The Hall–Kier alpha value is -1.94. The second-order valence-corrected chi connectivity index (χ2v) is 5.57. The highest BCUT2D eigenvalue weighted by molar-refractivity contribution is 5.31. The van der Waals surface area contributed by atoms with E-state index in [4.69, 9.17) is 4.74 Å². The Labute approximate surface area is 125 Å².